The van der Waals surface area contributed by atoms with Crippen molar-refractivity contribution in [3.8, 4) is 17.3 Å². The Kier molecular flexibility index (Phi) is 3.35. The number of nitrogens with zero attached hydrogens (tertiary/aromatic N) is 4. The zero-order valence-electron chi connectivity index (χ0n) is 13.4. The van der Waals surface area contributed by atoms with Crippen molar-refractivity contribution in [1.82, 2.24) is 24.7 Å². The highest BCUT2D eigenvalue weighted by Crippen LogP contribution is 2.55. The summed E-state index contributed by atoms with van der Waals surface area (Å²) in [5, 5.41) is 17.3. The van der Waals surface area contributed by atoms with Crippen LogP contribution in [0.3, 0.4) is 0 Å². The SMILES string of the molecule is Cn1cccc1[C@H]1C[C@@H]1c1cc(-c2c[nH]c(=O)[nH]c2=O)nnc1C#N. The second-order valence-electron chi connectivity index (χ2n) is 6.12. The predicted octanol–water partition coefficient (Wildman–Crippen LogP) is 1.00. The van der Waals surface area contributed by atoms with E-state index in [-0.39, 0.29) is 17.2 Å². The Morgan fingerprint density at radius 1 is 1.32 bits per heavy atom. The molecule has 1 saturated carbocycles. The minimum absolute atomic E-state index is 0.166. The number of aromatic nitrogens is 5. The lowest BCUT2D eigenvalue weighted by molar-refractivity contribution is 0.814. The van der Waals surface area contributed by atoms with Gasteiger partial charge in [-0.2, -0.15) is 5.26 Å². The van der Waals surface area contributed by atoms with Gasteiger partial charge in [-0.3, -0.25) is 9.78 Å². The topological polar surface area (TPSA) is 120 Å². The molecule has 0 aromatic carbocycles. The summed E-state index contributed by atoms with van der Waals surface area (Å²) >= 11 is 0. The van der Waals surface area contributed by atoms with Crippen molar-refractivity contribution in [3.63, 3.8) is 0 Å². The summed E-state index contributed by atoms with van der Waals surface area (Å²) in [6.45, 7) is 0. The average molecular weight is 334 g/mol. The first-order chi connectivity index (χ1) is 12.1. The Hall–Kier alpha value is -3.47. The maximum Gasteiger partial charge on any atom is 0.325 e. The summed E-state index contributed by atoms with van der Waals surface area (Å²) < 4.78 is 2.07. The minimum atomic E-state index is -0.582. The summed E-state index contributed by atoms with van der Waals surface area (Å²) in [5.41, 5.74) is 1.69. The average Bonchev–Trinajstić information content (AvgIpc) is 3.27. The van der Waals surface area contributed by atoms with Crippen LogP contribution in [0.4, 0.5) is 0 Å². The molecule has 25 heavy (non-hydrogen) atoms. The highest BCUT2D eigenvalue weighted by Gasteiger charge is 2.42. The van der Waals surface area contributed by atoms with Gasteiger partial charge in [0.05, 0.1) is 5.56 Å². The van der Waals surface area contributed by atoms with Crippen molar-refractivity contribution < 1.29 is 0 Å². The Labute approximate surface area is 141 Å². The van der Waals surface area contributed by atoms with E-state index < -0.39 is 11.2 Å². The Morgan fingerprint density at radius 2 is 2.16 bits per heavy atom. The maximum absolute atomic E-state index is 12.0. The van der Waals surface area contributed by atoms with Crippen molar-refractivity contribution in [1.29, 1.82) is 5.26 Å². The first-order valence-electron chi connectivity index (χ1n) is 7.80. The number of hydrogen-bond acceptors (Lipinski definition) is 5. The molecule has 0 amide bonds. The molecule has 1 fully saturated rings. The smallest absolute Gasteiger partial charge is 0.325 e. The number of hydrogen-bond donors (Lipinski definition) is 2. The highest BCUT2D eigenvalue weighted by molar-refractivity contribution is 5.59. The third-order valence-electron chi connectivity index (χ3n) is 4.58. The predicted molar refractivity (Wildman–Crippen MR) is 88.9 cm³/mol. The van der Waals surface area contributed by atoms with Gasteiger partial charge in [-0.05, 0) is 36.1 Å². The Bertz CT molecular complexity index is 1120. The van der Waals surface area contributed by atoms with Gasteiger partial charge >= 0.3 is 5.69 Å². The highest BCUT2D eigenvalue weighted by atomic mass is 16.2. The van der Waals surface area contributed by atoms with Crippen molar-refractivity contribution in [2.45, 2.75) is 18.3 Å². The van der Waals surface area contributed by atoms with Gasteiger partial charge in [0, 0.05) is 31.1 Å². The molecule has 2 N–H and O–H groups in total. The molecule has 1 aliphatic rings. The molecular weight excluding hydrogens is 320 g/mol. The molecule has 0 unspecified atom stereocenters. The normalized spacial score (nSPS) is 18.7. The molecule has 8 heteroatoms. The van der Waals surface area contributed by atoms with E-state index in [0.717, 1.165) is 12.0 Å². The summed E-state index contributed by atoms with van der Waals surface area (Å²) in [5.74, 6) is 0.484. The van der Waals surface area contributed by atoms with Crippen LogP contribution in [0.1, 0.15) is 35.2 Å². The zero-order chi connectivity index (χ0) is 17.6. The Balaban J connectivity index is 1.76. The molecule has 3 heterocycles. The van der Waals surface area contributed by atoms with Crippen LogP contribution < -0.4 is 11.2 Å². The van der Waals surface area contributed by atoms with Crippen LogP contribution >= 0.6 is 0 Å². The van der Waals surface area contributed by atoms with Gasteiger partial charge in [0.2, 0.25) is 0 Å². The quantitative estimate of drug-likeness (QED) is 0.740. The molecule has 0 bridgehead atoms. The molecule has 8 nitrogen and oxygen atoms in total. The lowest BCUT2D eigenvalue weighted by Gasteiger charge is -2.06. The summed E-state index contributed by atoms with van der Waals surface area (Å²) in [6, 6.07) is 7.86. The molecule has 1 aliphatic carbocycles. The monoisotopic (exact) mass is 334 g/mol. The standard InChI is InChI=1S/C17H14N6O2/c1-23-4-2-3-15(23)11-5-9(11)10-6-13(21-22-14(10)7-18)12-8-19-17(25)20-16(12)24/h2-4,6,8-9,11H,5H2,1H3,(H2,19,20,24,25)/t9-,11+/m1/s1. The van der Waals surface area contributed by atoms with E-state index in [9.17, 15) is 14.9 Å². The van der Waals surface area contributed by atoms with Crippen LogP contribution in [-0.2, 0) is 7.05 Å². The fourth-order valence-corrected chi connectivity index (χ4v) is 3.23. The second kappa shape index (κ2) is 5.56. The summed E-state index contributed by atoms with van der Waals surface area (Å²) in [6.07, 6.45) is 4.22. The summed E-state index contributed by atoms with van der Waals surface area (Å²) in [4.78, 5) is 27.7. The first kappa shape index (κ1) is 15.1. The van der Waals surface area contributed by atoms with Crippen LogP contribution in [0.5, 0.6) is 0 Å². The number of rotatable bonds is 3. The fraction of sp³-hybridized carbons (Fsp3) is 0.235. The van der Waals surface area contributed by atoms with Crippen molar-refractivity contribution in [3.05, 3.63) is 68.4 Å². The fourth-order valence-electron chi connectivity index (χ4n) is 3.23. The molecular formula is C17H14N6O2. The number of aromatic amines is 2. The molecule has 0 radical (unpaired) electrons. The van der Waals surface area contributed by atoms with Crippen molar-refractivity contribution >= 4 is 0 Å². The molecule has 0 saturated heterocycles. The number of nitrogens with one attached hydrogen (secondary N) is 2. The van der Waals surface area contributed by atoms with Crippen molar-refractivity contribution in [2.75, 3.05) is 0 Å². The van der Waals surface area contributed by atoms with Gasteiger partial charge in [-0.15, -0.1) is 10.2 Å². The van der Waals surface area contributed by atoms with Crippen LogP contribution in [0.2, 0.25) is 0 Å². The first-order valence-corrected chi connectivity index (χ1v) is 7.80. The van der Waals surface area contributed by atoms with Crippen molar-refractivity contribution in [2.24, 2.45) is 7.05 Å². The van der Waals surface area contributed by atoms with Crippen LogP contribution in [0.15, 0.2) is 40.2 Å². The minimum Gasteiger partial charge on any atom is -0.354 e. The van der Waals surface area contributed by atoms with Gasteiger partial charge in [-0.25, -0.2) is 4.79 Å². The largest absolute Gasteiger partial charge is 0.354 e. The van der Waals surface area contributed by atoms with E-state index in [1.165, 1.54) is 11.9 Å². The van der Waals surface area contributed by atoms with Crippen LogP contribution in [-0.4, -0.2) is 24.7 Å². The lowest BCUT2D eigenvalue weighted by Crippen LogP contribution is -2.23. The van der Waals surface area contributed by atoms with E-state index in [2.05, 4.69) is 36.9 Å². The maximum atomic E-state index is 12.0. The Morgan fingerprint density at radius 3 is 2.84 bits per heavy atom. The number of nitriles is 1. The van der Waals surface area contributed by atoms with Gasteiger partial charge in [0.25, 0.3) is 5.56 Å². The summed E-state index contributed by atoms with van der Waals surface area (Å²) in [7, 11) is 1.99. The van der Waals surface area contributed by atoms with Gasteiger partial charge in [-0.1, -0.05) is 0 Å². The molecule has 3 aromatic heterocycles. The molecule has 4 rings (SSSR count). The van der Waals surface area contributed by atoms with Gasteiger partial charge in [0.15, 0.2) is 5.69 Å². The molecule has 3 aromatic rings. The van der Waals surface area contributed by atoms with E-state index in [1.807, 2.05) is 19.3 Å². The van der Waals surface area contributed by atoms with E-state index >= 15 is 0 Å². The van der Waals surface area contributed by atoms with E-state index in [0.29, 0.717) is 11.6 Å². The number of H-pyrrole nitrogens is 2. The van der Waals surface area contributed by atoms with E-state index in [4.69, 9.17) is 0 Å². The third-order valence-corrected chi connectivity index (χ3v) is 4.58. The van der Waals surface area contributed by atoms with E-state index in [1.54, 1.807) is 6.07 Å². The number of aryl methyl sites for hydroxylation is 1. The molecule has 0 spiro atoms. The molecule has 0 aliphatic heterocycles. The van der Waals surface area contributed by atoms with Crippen LogP contribution in [0.25, 0.3) is 11.3 Å². The van der Waals surface area contributed by atoms with Gasteiger partial charge in [0.1, 0.15) is 11.8 Å². The second-order valence-corrected chi connectivity index (χ2v) is 6.12. The molecule has 124 valence electrons. The van der Waals surface area contributed by atoms with Crippen LogP contribution in [0, 0.1) is 11.3 Å². The lowest BCUT2D eigenvalue weighted by atomic mass is 10.0. The van der Waals surface area contributed by atoms with Gasteiger partial charge < -0.3 is 9.55 Å². The zero-order valence-corrected chi connectivity index (χ0v) is 13.4. The molecule has 2 atom stereocenters. The third kappa shape index (κ3) is 2.55.